The Hall–Kier alpha value is -3.02. The second-order valence-electron chi connectivity index (χ2n) is 8.65. The van der Waals surface area contributed by atoms with Crippen LogP contribution in [0.5, 0.6) is 5.75 Å². The Balaban J connectivity index is 1.48. The molecule has 2 aromatic heterocycles. The van der Waals surface area contributed by atoms with Crippen LogP contribution in [0.2, 0.25) is 0 Å². The van der Waals surface area contributed by atoms with Gasteiger partial charge in [-0.25, -0.2) is 0 Å². The number of thiazole rings is 2. The molecule has 1 aliphatic heterocycles. The molecule has 5 nitrogen and oxygen atoms in total. The second-order valence-corrected chi connectivity index (χ2v) is 11.6. The Bertz CT molecular complexity index is 1670. The Morgan fingerprint density at radius 3 is 2.71 bits per heavy atom. The molecule has 2 aromatic carbocycles. The molecule has 5 rings (SSSR count). The van der Waals surface area contributed by atoms with Crippen molar-refractivity contribution in [3.05, 3.63) is 89.7 Å². The van der Waals surface area contributed by atoms with E-state index in [0.717, 1.165) is 37.1 Å². The number of nitrogens with zero attached hydrogens (tertiary/aromatic N) is 3. The number of aryl methyl sites for hydroxylation is 2. The van der Waals surface area contributed by atoms with Crippen LogP contribution in [-0.4, -0.2) is 18.7 Å². The zero-order valence-electron chi connectivity index (χ0n) is 20.9. The monoisotopic (exact) mass is 576 g/mol. The molecule has 0 amide bonds. The number of thioether (sulfide) groups is 1. The van der Waals surface area contributed by atoms with Crippen molar-refractivity contribution in [1.29, 1.82) is 0 Å². The van der Waals surface area contributed by atoms with Gasteiger partial charge < -0.3 is 9.64 Å². The summed E-state index contributed by atoms with van der Waals surface area (Å²) >= 11 is 4.54. The molecule has 0 unspecified atom stereocenters. The molecule has 3 heterocycles. The number of alkyl halides is 3. The van der Waals surface area contributed by atoms with Crippen LogP contribution in [0, 0.1) is 0 Å². The molecule has 0 saturated heterocycles. The van der Waals surface area contributed by atoms with Gasteiger partial charge in [-0.3, -0.25) is 9.36 Å². The number of anilines is 1. The highest BCUT2D eigenvalue weighted by atomic mass is 32.2. The van der Waals surface area contributed by atoms with Gasteiger partial charge in [0.05, 0.1) is 29.8 Å². The number of halogens is 3. The maximum atomic E-state index is 13.4. The first-order valence-corrected chi connectivity index (χ1v) is 14.4. The molecule has 0 atom stereocenters. The highest BCUT2D eigenvalue weighted by molar-refractivity contribution is 8.08. The summed E-state index contributed by atoms with van der Waals surface area (Å²) in [6.07, 6.45) is 0.0183. The minimum absolute atomic E-state index is 0.0371. The van der Waals surface area contributed by atoms with Crippen molar-refractivity contribution < 1.29 is 22.5 Å². The molecule has 0 N–H and O–H groups in total. The molecular formula is C27H25F3N3O2S3+. The first kappa shape index (κ1) is 26.6. The van der Waals surface area contributed by atoms with Gasteiger partial charge in [-0.05, 0) is 36.8 Å². The number of hydrogen-bond acceptors (Lipinski definition) is 6. The van der Waals surface area contributed by atoms with Crippen molar-refractivity contribution in [2.75, 3.05) is 19.1 Å². The lowest BCUT2D eigenvalue weighted by atomic mass is 10.1. The van der Waals surface area contributed by atoms with E-state index in [2.05, 4.69) is 0 Å². The highest BCUT2D eigenvalue weighted by Crippen LogP contribution is 2.46. The Morgan fingerprint density at radius 2 is 1.97 bits per heavy atom. The lowest BCUT2D eigenvalue weighted by Crippen LogP contribution is -2.36. The molecule has 198 valence electrons. The molecule has 0 saturated carbocycles. The van der Waals surface area contributed by atoms with Gasteiger partial charge in [0.2, 0.25) is 0 Å². The maximum Gasteiger partial charge on any atom is 0.416 e. The fourth-order valence-corrected chi connectivity index (χ4v) is 7.67. The molecule has 38 heavy (non-hydrogen) atoms. The van der Waals surface area contributed by atoms with Crippen LogP contribution in [-0.2, 0) is 25.7 Å². The summed E-state index contributed by atoms with van der Waals surface area (Å²) < 4.78 is 49.9. The fraction of sp³-hybridized carbons (Fsp3) is 0.259. The van der Waals surface area contributed by atoms with Gasteiger partial charge in [-0.1, -0.05) is 41.3 Å². The topological polar surface area (TPSA) is 38.4 Å². The lowest BCUT2D eigenvalue weighted by Gasteiger charge is -2.12. The van der Waals surface area contributed by atoms with Gasteiger partial charge >= 0.3 is 6.18 Å². The summed E-state index contributed by atoms with van der Waals surface area (Å²) in [4.78, 5) is 16.5. The molecule has 0 bridgehead atoms. The van der Waals surface area contributed by atoms with Crippen LogP contribution >= 0.6 is 34.4 Å². The molecule has 0 spiro atoms. The van der Waals surface area contributed by atoms with Gasteiger partial charge in [0.15, 0.2) is 12.7 Å². The summed E-state index contributed by atoms with van der Waals surface area (Å²) in [5, 5.41) is 3.76. The molecular weight excluding hydrogens is 552 g/mol. The number of aromatic nitrogens is 2. The molecule has 0 aliphatic carbocycles. The summed E-state index contributed by atoms with van der Waals surface area (Å²) in [5.74, 6) is 0.768. The third kappa shape index (κ3) is 5.14. The van der Waals surface area contributed by atoms with E-state index in [0.29, 0.717) is 29.6 Å². The molecule has 4 aromatic rings. The smallest absolute Gasteiger partial charge is 0.416 e. The third-order valence-corrected chi connectivity index (χ3v) is 9.64. The summed E-state index contributed by atoms with van der Waals surface area (Å²) in [6, 6.07) is 11.3. The van der Waals surface area contributed by atoms with E-state index < -0.39 is 11.7 Å². The van der Waals surface area contributed by atoms with Crippen LogP contribution in [0.3, 0.4) is 0 Å². The molecule has 11 heteroatoms. The zero-order chi connectivity index (χ0) is 27.0. The number of rotatable bonds is 6. The summed E-state index contributed by atoms with van der Waals surface area (Å²) in [6.45, 7) is 3.00. The predicted molar refractivity (Wildman–Crippen MR) is 147 cm³/mol. The predicted octanol–water partition coefficient (Wildman–Crippen LogP) is 4.69. The largest absolute Gasteiger partial charge is 0.497 e. The van der Waals surface area contributed by atoms with E-state index >= 15 is 0 Å². The maximum absolute atomic E-state index is 13.4. The van der Waals surface area contributed by atoms with E-state index in [1.165, 1.54) is 34.8 Å². The number of ether oxygens (including phenoxy) is 1. The van der Waals surface area contributed by atoms with Crippen LogP contribution in [0.15, 0.2) is 63.7 Å². The number of fused-ring (bicyclic) bond motifs is 1. The molecule has 0 fully saturated rings. The minimum Gasteiger partial charge on any atom is -0.497 e. The minimum atomic E-state index is -4.36. The van der Waals surface area contributed by atoms with Crippen LogP contribution in [0.25, 0.3) is 11.1 Å². The van der Waals surface area contributed by atoms with E-state index in [1.54, 1.807) is 29.5 Å². The van der Waals surface area contributed by atoms with Crippen molar-refractivity contribution >= 4 is 51.2 Å². The third-order valence-electron chi connectivity index (χ3n) is 6.32. The van der Waals surface area contributed by atoms with Crippen molar-refractivity contribution in [3.63, 3.8) is 0 Å². The normalized spacial score (nSPS) is 15.3. The average molecular weight is 577 g/mol. The number of methoxy groups -OCH3 is 1. The zero-order valence-corrected chi connectivity index (χ0v) is 23.4. The standard InChI is InChI=1S/C27H25F3N3O2S3/c1-4-33-23(38-24(25(33)34)26-31(2)20-9-8-19(35-3)15-21(20)37-26)16-22-32(12-13-36-22)11-10-17-6-5-7-18(14-17)27(28,29)30/h5-9,12-16H,4,10-11H2,1-3H3/q+1/b26-24+. The first-order chi connectivity index (χ1) is 18.2. The quantitative estimate of drug-likeness (QED) is 0.313. The Kier molecular flexibility index (Phi) is 7.43. The SMILES string of the molecule is CCn1c(=O)/c(=C2\Sc3cc(OC)ccc3N2C)s/c1=C\c1scc[n+]1CCc1cccc(C(F)(F)F)c1. The van der Waals surface area contributed by atoms with Crippen molar-refractivity contribution in [3.8, 4) is 5.75 Å². The van der Waals surface area contributed by atoms with Crippen molar-refractivity contribution in [1.82, 2.24) is 4.57 Å². The van der Waals surface area contributed by atoms with Crippen molar-refractivity contribution in [2.45, 2.75) is 37.5 Å². The Morgan fingerprint density at radius 1 is 1.16 bits per heavy atom. The molecule has 1 aliphatic rings. The van der Waals surface area contributed by atoms with Gasteiger partial charge in [0, 0.05) is 24.9 Å². The van der Waals surface area contributed by atoms with Crippen LogP contribution in [0.1, 0.15) is 23.1 Å². The summed E-state index contributed by atoms with van der Waals surface area (Å²) in [7, 11) is 3.59. The van der Waals surface area contributed by atoms with Crippen LogP contribution < -0.4 is 29.0 Å². The van der Waals surface area contributed by atoms with E-state index in [1.807, 2.05) is 59.3 Å². The second kappa shape index (κ2) is 10.6. The number of hydrogen-bond donors (Lipinski definition) is 0. The average Bonchev–Trinajstić information content (AvgIpc) is 3.57. The van der Waals surface area contributed by atoms with E-state index in [4.69, 9.17) is 4.74 Å². The fourth-order valence-electron chi connectivity index (χ4n) is 4.30. The van der Waals surface area contributed by atoms with Gasteiger partial charge in [-0.2, -0.15) is 17.7 Å². The first-order valence-electron chi connectivity index (χ1n) is 11.9. The van der Waals surface area contributed by atoms with Gasteiger partial charge in [0.1, 0.15) is 20.0 Å². The van der Waals surface area contributed by atoms with E-state index in [9.17, 15) is 18.0 Å². The van der Waals surface area contributed by atoms with Gasteiger partial charge in [-0.15, -0.1) is 11.3 Å². The van der Waals surface area contributed by atoms with Crippen LogP contribution in [0.4, 0.5) is 18.9 Å². The highest BCUT2D eigenvalue weighted by Gasteiger charge is 2.30. The molecule has 0 radical (unpaired) electrons. The lowest BCUT2D eigenvalue weighted by molar-refractivity contribution is -0.693. The summed E-state index contributed by atoms with van der Waals surface area (Å²) in [5.41, 5.74) is 0.980. The Labute approximate surface area is 229 Å². The van der Waals surface area contributed by atoms with Crippen molar-refractivity contribution in [2.24, 2.45) is 0 Å². The van der Waals surface area contributed by atoms with Gasteiger partial charge in [0.25, 0.3) is 10.6 Å². The number of benzene rings is 2. The van der Waals surface area contributed by atoms with E-state index in [-0.39, 0.29) is 5.56 Å².